The Morgan fingerprint density at radius 1 is 1.00 bits per heavy atom. The van der Waals surface area contributed by atoms with Crippen LogP contribution in [0.4, 0.5) is 0 Å². The molecule has 0 aliphatic heterocycles. The van der Waals surface area contributed by atoms with Crippen LogP contribution >= 0.6 is 24.8 Å². The average molecular weight is 230 g/mol. The van der Waals surface area contributed by atoms with Crippen molar-refractivity contribution < 1.29 is 0 Å². The fourth-order valence-corrected chi connectivity index (χ4v) is 1.73. The molecule has 0 fully saturated rings. The van der Waals surface area contributed by atoms with E-state index in [1.807, 2.05) is 0 Å². The van der Waals surface area contributed by atoms with Crippen LogP contribution in [0.2, 0.25) is 4.98 Å². The largest absolute Gasteiger partial charge is 0.147 e. The fraction of sp³-hybridized carbons (Fsp3) is 1.00. The third-order valence-corrected chi connectivity index (χ3v) is 2.69. The second-order valence-electron chi connectivity index (χ2n) is 2.06. The van der Waals surface area contributed by atoms with Gasteiger partial charge in [0.15, 0.2) is 0 Å². The van der Waals surface area contributed by atoms with Gasteiger partial charge in [-0.05, 0) is 0 Å². The second-order valence-corrected chi connectivity index (χ2v) is 4.16. The van der Waals surface area contributed by atoms with Gasteiger partial charge in [-0.2, -0.15) is 0 Å². The van der Waals surface area contributed by atoms with Crippen LogP contribution < -0.4 is 0 Å². The van der Waals surface area contributed by atoms with E-state index in [0.717, 1.165) is 18.6 Å². The Bertz CT molecular complexity index is 30.2. The van der Waals surface area contributed by atoms with Crippen molar-refractivity contribution in [3.8, 4) is 0 Å². The van der Waals surface area contributed by atoms with E-state index < -0.39 is 0 Å². The van der Waals surface area contributed by atoms with Crippen LogP contribution in [0.1, 0.15) is 32.6 Å². The number of halogens is 2. The standard InChI is InChI=1S/C6H13.2ClH.Ga.2H/c1-3-5-6-4-2;;;;;/h1,3-6H2,2H3;2*1H;;;. The van der Waals surface area contributed by atoms with Crippen molar-refractivity contribution in [3.05, 3.63) is 0 Å². The molecule has 0 saturated heterocycles. The summed E-state index contributed by atoms with van der Waals surface area (Å²) in [6, 6.07) is 0. The topological polar surface area (TPSA) is 0 Å². The number of hydrogen-bond donors (Lipinski definition) is 0. The summed E-state index contributed by atoms with van der Waals surface area (Å²) in [7, 11) is 0. The quantitative estimate of drug-likeness (QED) is 0.513. The molecule has 0 aliphatic carbocycles. The zero-order valence-corrected chi connectivity index (χ0v) is 12.2. The van der Waals surface area contributed by atoms with Gasteiger partial charge in [0.2, 0.25) is 0 Å². The van der Waals surface area contributed by atoms with Gasteiger partial charge in [-0.1, -0.05) is 0 Å². The number of rotatable bonds is 4. The molecule has 0 rings (SSSR count). The molecule has 0 nitrogen and oxygen atoms in total. The number of hydrogen-bond acceptors (Lipinski definition) is 0. The summed E-state index contributed by atoms with van der Waals surface area (Å²) in [5.41, 5.74) is 0. The molecule has 9 heavy (non-hydrogen) atoms. The van der Waals surface area contributed by atoms with Crippen LogP contribution in [0.3, 0.4) is 0 Å². The molecule has 0 aliphatic rings. The van der Waals surface area contributed by atoms with Gasteiger partial charge in [0.1, 0.15) is 0 Å². The minimum Gasteiger partial charge on any atom is -0.147 e. The van der Waals surface area contributed by atoms with Gasteiger partial charge in [-0.15, -0.1) is 24.8 Å². The van der Waals surface area contributed by atoms with Gasteiger partial charge in [0.05, 0.1) is 0 Å². The fourth-order valence-electron chi connectivity index (χ4n) is 0.677. The Labute approximate surface area is 80.9 Å². The summed E-state index contributed by atoms with van der Waals surface area (Å²) in [6.07, 6.45) is 5.83. The molecule has 0 bridgehead atoms. The number of unbranched alkanes of at least 4 members (excludes halogenated alkanes) is 3. The van der Waals surface area contributed by atoms with Gasteiger partial charge >= 0.3 is 56.2 Å². The second kappa shape index (κ2) is 16.1. The average Bonchev–Trinajstić information content (AvgIpc) is 1.69. The molecule has 0 radical (unpaired) electrons. The molecule has 58 valence electrons. The van der Waals surface area contributed by atoms with Crippen LogP contribution in [0, 0.1) is 0 Å². The molecular formula is C6H17Cl2Ga. The van der Waals surface area contributed by atoms with Crippen LogP contribution in [0.25, 0.3) is 0 Å². The Kier molecular flexibility index (Phi) is 29.8. The van der Waals surface area contributed by atoms with Crippen LogP contribution in [0.15, 0.2) is 0 Å². The van der Waals surface area contributed by atoms with E-state index in [1.165, 1.54) is 25.7 Å². The predicted molar refractivity (Wildman–Crippen MR) is 52.0 cm³/mol. The first-order valence-corrected chi connectivity index (χ1v) is 6.38. The molecule has 0 spiro atoms. The van der Waals surface area contributed by atoms with E-state index in [9.17, 15) is 0 Å². The summed E-state index contributed by atoms with van der Waals surface area (Å²) < 4.78 is 0. The Balaban J connectivity index is -0.000000180. The molecule has 0 amide bonds. The van der Waals surface area contributed by atoms with Crippen LogP contribution in [-0.4, -0.2) is 18.6 Å². The Hall–Kier alpha value is 1.22. The smallest absolute Gasteiger partial charge is 0.147 e. The van der Waals surface area contributed by atoms with Crippen molar-refractivity contribution in [2.75, 3.05) is 0 Å². The molecule has 0 aromatic carbocycles. The normalized spacial score (nSPS) is 7.22. The first-order valence-electron chi connectivity index (χ1n) is 3.41. The third-order valence-electron chi connectivity index (χ3n) is 1.21. The van der Waals surface area contributed by atoms with Crippen LogP contribution in [-0.2, 0) is 0 Å². The molecule has 0 unspecified atom stereocenters. The maximum Gasteiger partial charge on any atom is -0.147 e. The molecule has 0 heterocycles. The molecule has 0 aromatic heterocycles. The summed E-state index contributed by atoms with van der Waals surface area (Å²) in [5, 5.41) is 0. The third kappa shape index (κ3) is 17.6. The van der Waals surface area contributed by atoms with Gasteiger partial charge in [0.25, 0.3) is 0 Å². The van der Waals surface area contributed by atoms with Crippen molar-refractivity contribution in [3.63, 3.8) is 0 Å². The van der Waals surface area contributed by atoms with E-state index >= 15 is 0 Å². The summed E-state index contributed by atoms with van der Waals surface area (Å²) in [6.45, 7) is 2.26. The SMILES string of the molecule is CCCCC[CH2][GaH2].Cl.Cl. The Morgan fingerprint density at radius 3 is 1.89 bits per heavy atom. The monoisotopic (exact) mass is 228 g/mol. The molecule has 0 atom stereocenters. The summed E-state index contributed by atoms with van der Waals surface area (Å²) in [4.78, 5) is 1.55. The zero-order valence-electron chi connectivity index (χ0n) is 6.35. The van der Waals surface area contributed by atoms with E-state index in [4.69, 9.17) is 0 Å². The van der Waals surface area contributed by atoms with Crippen molar-refractivity contribution in [1.82, 2.24) is 0 Å². The van der Waals surface area contributed by atoms with E-state index in [1.54, 1.807) is 4.98 Å². The van der Waals surface area contributed by atoms with E-state index in [2.05, 4.69) is 6.92 Å². The summed E-state index contributed by atoms with van der Waals surface area (Å²) >= 11 is 1.11. The van der Waals surface area contributed by atoms with Crippen molar-refractivity contribution in [2.45, 2.75) is 37.6 Å². The van der Waals surface area contributed by atoms with Gasteiger partial charge in [0, 0.05) is 0 Å². The molecule has 0 saturated carbocycles. The minimum absolute atomic E-state index is 0. The maximum absolute atomic E-state index is 2.26. The predicted octanol–water partition coefficient (Wildman–Crippen LogP) is 2.46. The zero-order chi connectivity index (χ0) is 5.54. The van der Waals surface area contributed by atoms with E-state index in [0.29, 0.717) is 0 Å². The first kappa shape index (κ1) is 16.7. The minimum atomic E-state index is 0. The van der Waals surface area contributed by atoms with Crippen LogP contribution in [0.5, 0.6) is 0 Å². The molecule has 0 aromatic rings. The molecule has 3 heteroatoms. The van der Waals surface area contributed by atoms with Crippen molar-refractivity contribution in [2.24, 2.45) is 0 Å². The van der Waals surface area contributed by atoms with Gasteiger partial charge < -0.3 is 0 Å². The molecular weight excluding hydrogens is 213 g/mol. The van der Waals surface area contributed by atoms with E-state index in [-0.39, 0.29) is 24.8 Å². The van der Waals surface area contributed by atoms with Gasteiger partial charge in [-0.3, -0.25) is 0 Å². The molecule has 0 N–H and O–H groups in total. The van der Waals surface area contributed by atoms with Gasteiger partial charge in [-0.25, -0.2) is 0 Å². The van der Waals surface area contributed by atoms with Crippen molar-refractivity contribution >= 4 is 43.4 Å². The van der Waals surface area contributed by atoms with Crippen molar-refractivity contribution in [1.29, 1.82) is 0 Å². The Morgan fingerprint density at radius 2 is 1.56 bits per heavy atom. The first-order chi connectivity index (χ1) is 3.41. The maximum atomic E-state index is 2.26. The summed E-state index contributed by atoms with van der Waals surface area (Å²) in [5.74, 6) is 0.